The van der Waals surface area contributed by atoms with Crippen LogP contribution in [0.3, 0.4) is 0 Å². The van der Waals surface area contributed by atoms with Crippen molar-refractivity contribution in [3.8, 4) is 0 Å². The van der Waals surface area contributed by atoms with Crippen molar-refractivity contribution in [1.29, 1.82) is 0 Å². The normalized spacial score (nSPS) is 28.8. The first-order valence-corrected chi connectivity index (χ1v) is 20.2. The van der Waals surface area contributed by atoms with E-state index in [0.717, 1.165) is 47.3 Å². The van der Waals surface area contributed by atoms with Crippen molar-refractivity contribution in [2.75, 3.05) is 0 Å². The fraction of sp³-hybridized carbons (Fsp3) is 0.765. The van der Waals surface area contributed by atoms with Crippen LogP contribution in [0, 0.1) is 54.0 Å². The van der Waals surface area contributed by atoms with Crippen molar-refractivity contribution in [3.63, 3.8) is 0 Å². The van der Waals surface area contributed by atoms with Crippen LogP contribution in [0.15, 0.2) is 35.9 Å². The molecule has 0 saturated heterocycles. The van der Waals surface area contributed by atoms with Crippen LogP contribution >= 0.6 is 30.7 Å². The number of pyridine rings is 1. The summed E-state index contributed by atoms with van der Waals surface area (Å²) in [6.45, 7) is 27.1. The predicted octanol–water partition coefficient (Wildman–Crippen LogP) is 11.3. The van der Waals surface area contributed by atoms with Gasteiger partial charge < -0.3 is 9.80 Å². The molecule has 3 aliphatic rings. The van der Waals surface area contributed by atoms with Crippen molar-refractivity contribution >= 4 is 30.7 Å². The van der Waals surface area contributed by atoms with E-state index in [4.69, 9.17) is 30.7 Å². The van der Waals surface area contributed by atoms with Crippen LogP contribution in [0.2, 0.25) is 5.02 Å². The summed E-state index contributed by atoms with van der Waals surface area (Å²) in [6, 6.07) is 4.90. The summed E-state index contributed by atoms with van der Waals surface area (Å²) in [7, 11) is 9.63. The monoisotopic (exact) mass is 718 g/mol. The van der Waals surface area contributed by atoms with Gasteiger partial charge in [0.2, 0.25) is 0 Å². The Bertz CT molecular complexity index is 824. The van der Waals surface area contributed by atoms with Crippen LogP contribution in [0.1, 0.15) is 108 Å². The van der Waals surface area contributed by atoms with Crippen molar-refractivity contribution < 1.29 is 15.9 Å². The summed E-state index contributed by atoms with van der Waals surface area (Å²) in [5.41, 5.74) is 3.05. The first kappa shape index (κ1) is 37.2. The van der Waals surface area contributed by atoms with Gasteiger partial charge in [-0.3, -0.25) is 4.98 Å². The molecule has 2 saturated carbocycles. The number of nitrogens with zero attached hydrogens (tertiary/aromatic N) is 3. The van der Waals surface area contributed by atoms with E-state index in [1.807, 2.05) is 0 Å². The maximum absolute atomic E-state index is 5.48. The van der Waals surface area contributed by atoms with E-state index >= 15 is 0 Å². The second-order valence-electron chi connectivity index (χ2n) is 13.8. The summed E-state index contributed by atoms with van der Waals surface area (Å²) in [4.78, 5) is 9.29. The summed E-state index contributed by atoms with van der Waals surface area (Å²) in [5, 5.41) is 0.683. The Morgan fingerprint density at radius 1 is 0.732 bits per heavy atom. The van der Waals surface area contributed by atoms with Gasteiger partial charge in [-0.15, -0.1) is 0 Å². The van der Waals surface area contributed by atoms with Crippen LogP contribution in [0.5, 0.6) is 0 Å². The van der Waals surface area contributed by atoms with Gasteiger partial charge in [0.05, 0.1) is 5.02 Å². The Morgan fingerprint density at radius 2 is 1.07 bits per heavy atom. The Hall–Kier alpha value is 0.0223. The Kier molecular flexibility index (Phi) is 16.4. The molecule has 0 N–H and O–H groups in total. The number of allylic oxidation sites excluding steroid dienone is 2. The molecule has 240 valence electrons. The van der Waals surface area contributed by atoms with Gasteiger partial charge in [0.1, 0.15) is 0 Å². The SMILES string of the molecule is CC1=C(C)N(C2C(C(C)C)CCCC2C(C)C)[CH-]N1C1C(C(C)C)CCCC1C(C)C.Clc1cccnc1.[Cl][Pd][Cl]. The molecule has 0 amide bonds. The fourth-order valence-electron chi connectivity index (χ4n) is 7.86. The molecule has 0 bridgehead atoms. The van der Waals surface area contributed by atoms with Gasteiger partial charge in [-0.2, -0.15) is 6.67 Å². The predicted molar refractivity (Wildman–Crippen MR) is 176 cm³/mol. The van der Waals surface area contributed by atoms with Gasteiger partial charge in [0, 0.05) is 24.5 Å². The van der Waals surface area contributed by atoms with Crippen LogP contribution < -0.4 is 0 Å². The number of aromatic nitrogens is 1. The topological polar surface area (TPSA) is 19.4 Å². The number of halogens is 3. The Balaban J connectivity index is 0.000000498. The molecule has 1 aliphatic heterocycles. The van der Waals surface area contributed by atoms with E-state index < -0.39 is 0 Å². The quantitative estimate of drug-likeness (QED) is 0.215. The zero-order valence-electron chi connectivity index (χ0n) is 27.2. The van der Waals surface area contributed by atoms with E-state index in [1.165, 1.54) is 49.9 Å². The molecule has 4 atom stereocenters. The number of rotatable bonds is 6. The molecule has 0 aromatic carbocycles. The Labute approximate surface area is 274 Å². The molecular weight excluding hydrogens is 663 g/mol. The Morgan fingerprint density at radius 3 is 1.29 bits per heavy atom. The van der Waals surface area contributed by atoms with Crippen molar-refractivity contribution in [1.82, 2.24) is 14.8 Å². The van der Waals surface area contributed by atoms with Crippen molar-refractivity contribution in [2.45, 2.75) is 120 Å². The van der Waals surface area contributed by atoms with Gasteiger partial charge in [0.25, 0.3) is 0 Å². The third kappa shape index (κ3) is 10.0. The first-order chi connectivity index (χ1) is 19.4. The fourth-order valence-corrected chi connectivity index (χ4v) is 7.99. The number of hydrogen-bond acceptors (Lipinski definition) is 3. The minimum atomic E-state index is -0.106. The van der Waals surface area contributed by atoms with Gasteiger partial charge in [-0.05, 0) is 110 Å². The van der Waals surface area contributed by atoms with Gasteiger partial charge in [-0.1, -0.05) is 79.8 Å². The van der Waals surface area contributed by atoms with E-state index in [1.54, 1.807) is 24.5 Å². The van der Waals surface area contributed by atoms with Crippen LogP contribution in [-0.4, -0.2) is 26.9 Å². The van der Waals surface area contributed by atoms with Crippen LogP contribution in [0.4, 0.5) is 0 Å². The molecule has 1 aromatic rings. The van der Waals surface area contributed by atoms with Gasteiger partial charge >= 0.3 is 35.0 Å². The van der Waals surface area contributed by atoms with Crippen LogP contribution in [-0.2, 0) is 15.9 Å². The van der Waals surface area contributed by atoms with Gasteiger partial charge in [-0.25, -0.2) is 0 Å². The molecule has 3 nitrogen and oxygen atoms in total. The molecule has 41 heavy (non-hydrogen) atoms. The van der Waals surface area contributed by atoms with Crippen LogP contribution in [0.25, 0.3) is 0 Å². The molecule has 7 heteroatoms. The summed E-state index contributed by atoms with van der Waals surface area (Å²) >= 11 is 5.37. The molecular formula is C34H57Cl3N3Pd-. The van der Waals surface area contributed by atoms with Gasteiger partial charge in [0.15, 0.2) is 0 Å². The number of hydrogen-bond donors (Lipinski definition) is 0. The van der Waals surface area contributed by atoms with E-state index in [9.17, 15) is 0 Å². The van der Waals surface area contributed by atoms with E-state index in [2.05, 4.69) is 90.7 Å². The summed E-state index contributed by atoms with van der Waals surface area (Å²) < 4.78 is 0. The zero-order valence-corrected chi connectivity index (χ0v) is 31.0. The molecule has 2 aliphatic carbocycles. The molecule has 2 heterocycles. The van der Waals surface area contributed by atoms with Crippen molar-refractivity contribution in [2.24, 2.45) is 47.3 Å². The maximum atomic E-state index is 5.48. The molecule has 1 aromatic heterocycles. The second-order valence-corrected chi connectivity index (χ2v) is 16.6. The molecule has 4 rings (SSSR count). The standard InChI is InChI=1S/C29H53N2.C5H4ClN.2ClH.Pd/c1-18(2)24-13-11-14-25(19(3)4)28(24)30-17-31(23(10)22(30)9)29-26(20(5)6)15-12-16-27(29)21(7)8;6-5-2-1-3-7-4-5;;;/h17-21,24-29H,11-16H2,1-10H3;1-4H;2*1H;/q-1;;;;+2/p-2. The average molecular weight is 721 g/mol. The molecule has 2 fully saturated rings. The first-order valence-electron chi connectivity index (χ1n) is 15.8. The third-order valence-electron chi connectivity index (χ3n) is 10.1. The van der Waals surface area contributed by atoms with E-state index in [-0.39, 0.29) is 15.9 Å². The molecule has 0 radical (unpaired) electrons. The minimum absolute atomic E-state index is 0.106. The average Bonchev–Trinajstić information content (AvgIpc) is 3.22. The molecule has 4 unspecified atom stereocenters. The zero-order chi connectivity index (χ0) is 30.9. The van der Waals surface area contributed by atoms with Crippen molar-refractivity contribution in [3.05, 3.63) is 47.6 Å². The second kappa shape index (κ2) is 18.1. The summed E-state index contributed by atoms with van der Waals surface area (Å²) in [5.74, 6) is 6.21. The summed E-state index contributed by atoms with van der Waals surface area (Å²) in [6.07, 6.45) is 11.7. The molecule has 0 spiro atoms. The van der Waals surface area contributed by atoms with E-state index in [0.29, 0.717) is 17.1 Å². The third-order valence-corrected chi connectivity index (χ3v) is 10.4.